The smallest absolute Gasteiger partial charge is 0.277 e. The number of nitrogens with zero attached hydrogens (tertiary/aromatic N) is 4. The molecule has 0 unspecified atom stereocenters. The van der Waals surface area contributed by atoms with E-state index >= 15 is 0 Å². The number of benzene rings is 1. The van der Waals surface area contributed by atoms with Gasteiger partial charge in [-0.05, 0) is 24.6 Å². The normalized spacial score (nSPS) is 10.6. The molecule has 122 valence electrons. The number of amides is 1. The van der Waals surface area contributed by atoms with Crippen LogP contribution < -0.4 is 5.32 Å². The van der Waals surface area contributed by atoms with Crippen LogP contribution in [-0.2, 0) is 6.42 Å². The third-order valence-electron chi connectivity index (χ3n) is 3.12. The van der Waals surface area contributed by atoms with Crippen LogP contribution in [0.25, 0.3) is 0 Å². The molecule has 2 aromatic heterocycles. The minimum atomic E-state index is -0.913. The van der Waals surface area contributed by atoms with Crippen molar-refractivity contribution in [3.05, 3.63) is 64.2 Å². The van der Waals surface area contributed by atoms with Gasteiger partial charge in [0.1, 0.15) is 10.7 Å². The number of carbonyl (C=O) groups is 1. The van der Waals surface area contributed by atoms with Gasteiger partial charge in [-0.1, -0.05) is 17.4 Å². The maximum Gasteiger partial charge on any atom is 0.277 e. The third-order valence-corrected chi connectivity index (χ3v) is 3.96. The summed E-state index contributed by atoms with van der Waals surface area (Å²) in [5.74, 6) is -2.25. The van der Waals surface area contributed by atoms with Crippen LogP contribution >= 0.6 is 11.3 Å². The summed E-state index contributed by atoms with van der Waals surface area (Å²) >= 11 is 1.15. The van der Waals surface area contributed by atoms with Gasteiger partial charge in [-0.15, -0.1) is 10.2 Å². The summed E-state index contributed by atoms with van der Waals surface area (Å²) < 4.78 is 26.1. The van der Waals surface area contributed by atoms with Crippen molar-refractivity contribution in [2.24, 2.45) is 0 Å². The summed E-state index contributed by atoms with van der Waals surface area (Å²) in [6.45, 7) is 1.68. The minimum absolute atomic E-state index is 0.204. The first kappa shape index (κ1) is 16.1. The van der Waals surface area contributed by atoms with Crippen LogP contribution in [0.5, 0.6) is 0 Å². The molecule has 1 aromatic carbocycles. The van der Waals surface area contributed by atoms with E-state index in [4.69, 9.17) is 0 Å². The first-order valence-corrected chi connectivity index (χ1v) is 7.70. The van der Waals surface area contributed by atoms with Gasteiger partial charge in [0.25, 0.3) is 5.91 Å². The van der Waals surface area contributed by atoms with E-state index in [-0.39, 0.29) is 12.1 Å². The molecule has 0 saturated carbocycles. The maximum atomic E-state index is 13.2. The topological polar surface area (TPSA) is 80.7 Å². The predicted octanol–water partition coefficient (Wildman–Crippen LogP) is 2.76. The van der Waals surface area contributed by atoms with Crippen molar-refractivity contribution in [3.63, 3.8) is 0 Å². The van der Waals surface area contributed by atoms with Gasteiger partial charge in [-0.3, -0.25) is 15.1 Å². The molecule has 24 heavy (non-hydrogen) atoms. The Labute approximate surface area is 139 Å². The maximum absolute atomic E-state index is 13.2. The lowest BCUT2D eigenvalue weighted by molar-refractivity contribution is 0.102. The Morgan fingerprint density at radius 3 is 2.71 bits per heavy atom. The van der Waals surface area contributed by atoms with Crippen LogP contribution in [-0.4, -0.2) is 26.1 Å². The number of aryl methyl sites for hydroxylation is 1. The summed E-state index contributed by atoms with van der Waals surface area (Å²) in [6, 6.07) is 3.64. The number of hydrogen-bond acceptors (Lipinski definition) is 6. The van der Waals surface area contributed by atoms with Crippen molar-refractivity contribution >= 4 is 22.4 Å². The number of halogens is 2. The SMILES string of the molecule is Cc1nccnc1C(=O)Nc1nnc(Cc2ccc(F)c(F)c2)s1. The lowest BCUT2D eigenvalue weighted by Gasteiger charge is -2.02. The molecule has 0 fully saturated rings. The van der Waals surface area contributed by atoms with E-state index in [1.54, 1.807) is 6.92 Å². The molecule has 9 heteroatoms. The van der Waals surface area contributed by atoms with E-state index < -0.39 is 17.5 Å². The lowest BCUT2D eigenvalue weighted by Crippen LogP contribution is -2.15. The fourth-order valence-electron chi connectivity index (χ4n) is 1.99. The first-order valence-electron chi connectivity index (χ1n) is 6.88. The van der Waals surface area contributed by atoms with Gasteiger partial charge >= 0.3 is 0 Å². The van der Waals surface area contributed by atoms with Crippen molar-refractivity contribution in [1.82, 2.24) is 20.2 Å². The first-order chi connectivity index (χ1) is 11.5. The minimum Gasteiger partial charge on any atom is -0.295 e. The van der Waals surface area contributed by atoms with E-state index in [9.17, 15) is 13.6 Å². The number of carbonyl (C=O) groups excluding carboxylic acids is 1. The fourth-order valence-corrected chi connectivity index (χ4v) is 2.76. The summed E-state index contributed by atoms with van der Waals surface area (Å²) in [6.07, 6.45) is 3.21. The van der Waals surface area contributed by atoms with Gasteiger partial charge in [-0.25, -0.2) is 13.8 Å². The molecule has 0 saturated heterocycles. The number of hydrogen-bond donors (Lipinski definition) is 1. The van der Waals surface area contributed by atoms with E-state index in [2.05, 4.69) is 25.5 Å². The molecule has 0 aliphatic rings. The van der Waals surface area contributed by atoms with Crippen LogP contribution in [0.2, 0.25) is 0 Å². The Bertz CT molecular complexity index is 899. The molecular formula is C15H11F2N5OS. The Kier molecular flexibility index (Phi) is 4.52. The van der Waals surface area contributed by atoms with E-state index in [0.717, 1.165) is 23.5 Å². The number of nitrogens with one attached hydrogen (secondary N) is 1. The zero-order valence-corrected chi connectivity index (χ0v) is 13.3. The summed E-state index contributed by atoms with van der Waals surface area (Å²) in [5, 5.41) is 11.3. The molecule has 3 rings (SSSR count). The highest BCUT2D eigenvalue weighted by Gasteiger charge is 2.14. The van der Waals surface area contributed by atoms with Crippen LogP contribution in [0.1, 0.15) is 26.8 Å². The summed E-state index contributed by atoms with van der Waals surface area (Å²) in [7, 11) is 0. The van der Waals surface area contributed by atoms with Crippen molar-refractivity contribution < 1.29 is 13.6 Å². The van der Waals surface area contributed by atoms with Crippen molar-refractivity contribution in [3.8, 4) is 0 Å². The molecule has 0 bridgehead atoms. The van der Waals surface area contributed by atoms with Crippen molar-refractivity contribution in [2.75, 3.05) is 5.32 Å². The number of anilines is 1. The molecule has 0 spiro atoms. The lowest BCUT2D eigenvalue weighted by atomic mass is 10.1. The molecule has 0 aliphatic heterocycles. The molecular weight excluding hydrogens is 336 g/mol. The van der Waals surface area contributed by atoms with Gasteiger partial charge in [0.05, 0.1) is 5.69 Å². The van der Waals surface area contributed by atoms with E-state index in [0.29, 0.717) is 21.4 Å². The molecule has 0 atom stereocenters. The average Bonchev–Trinajstić information content (AvgIpc) is 2.98. The Hall–Kier alpha value is -2.81. The largest absolute Gasteiger partial charge is 0.295 e. The van der Waals surface area contributed by atoms with E-state index in [1.165, 1.54) is 18.5 Å². The molecule has 0 radical (unpaired) electrons. The molecule has 3 aromatic rings. The quantitative estimate of drug-likeness (QED) is 0.785. The van der Waals surface area contributed by atoms with Crippen LogP contribution in [0, 0.1) is 18.6 Å². The number of rotatable bonds is 4. The highest BCUT2D eigenvalue weighted by atomic mass is 32.1. The van der Waals surface area contributed by atoms with Crippen molar-refractivity contribution in [2.45, 2.75) is 13.3 Å². The molecule has 6 nitrogen and oxygen atoms in total. The standard InChI is InChI=1S/C15H11F2N5OS/c1-8-13(19-5-4-18-8)14(23)20-15-22-21-12(24-15)7-9-2-3-10(16)11(17)6-9/h2-6H,7H2,1H3,(H,20,22,23). The van der Waals surface area contributed by atoms with Gasteiger partial charge in [0.2, 0.25) is 5.13 Å². The fraction of sp³-hybridized carbons (Fsp3) is 0.133. The molecule has 0 aliphatic carbocycles. The highest BCUT2D eigenvalue weighted by molar-refractivity contribution is 7.15. The van der Waals surface area contributed by atoms with E-state index in [1.807, 2.05) is 0 Å². The van der Waals surface area contributed by atoms with Crippen molar-refractivity contribution in [1.29, 1.82) is 0 Å². The second-order valence-electron chi connectivity index (χ2n) is 4.87. The average molecular weight is 347 g/mol. The molecule has 1 N–H and O–H groups in total. The number of aromatic nitrogens is 4. The van der Waals surface area contributed by atoms with Crippen LogP contribution in [0.4, 0.5) is 13.9 Å². The van der Waals surface area contributed by atoms with Gasteiger partial charge in [-0.2, -0.15) is 0 Å². The van der Waals surface area contributed by atoms with Crippen LogP contribution in [0.3, 0.4) is 0 Å². The second-order valence-corrected chi connectivity index (χ2v) is 5.93. The summed E-state index contributed by atoms with van der Waals surface area (Å²) in [5.41, 5.74) is 1.27. The highest BCUT2D eigenvalue weighted by Crippen LogP contribution is 2.20. The third kappa shape index (κ3) is 3.57. The predicted molar refractivity (Wildman–Crippen MR) is 83.8 cm³/mol. The zero-order valence-electron chi connectivity index (χ0n) is 12.5. The van der Waals surface area contributed by atoms with Gasteiger partial charge in [0, 0.05) is 18.8 Å². The molecule has 1 amide bonds. The Morgan fingerprint density at radius 2 is 1.96 bits per heavy atom. The zero-order chi connectivity index (χ0) is 17.1. The van der Waals surface area contributed by atoms with Gasteiger partial charge in [0.15, 0.2) is 11.6 Å². The van der Waals surface area contributed by atoms with Crippen LogP contribution in [0.15, 0.2) is 30.6 Å². The monoisotopic (exact) mass is 347 g/mol. The molecule has 2 heterocycles. The summed E-state index contributed by atoms with van der Waals surface area (Å²) in [4.78, 5) is 20.1. The Morgan fingerprint density at radius 1 is 1.17 bits per heavy atom. The Balaban J connectivity index is 1.70. The van der Waals surface area contributed by atoms with Gasteiger partial charge < -0.3 is 0 Å². The second kappa shape index (κ2) is 6.75.